The number of hydrogen-bond acceptors (Lipinski definition) is 7. The Hall–Kier alpha value is -3.04. The molecule has 0 saturated carbocycles. The zero-order valence-electron chi connectivity index (χ0n) is 17.5. The molecule has 9 heteroatoms. The highest BCUT2D eigenvalue weighted by Crippen LogP contribution is 2.40. The number of ether oxygens (including phenoxy) is 2. The number of methoxy groups -OCH3 is 2. The largest absolute Gasteiger partial charge is 0.495 e. The molecule has 32 heavy (non-hydrogen) atoms. The first-order valence-corrected chi connectivity index (χ1v) is 11.6. The minimum Gasteiger partial charge on any atom is -0.495 e. The Morgan fingerprint density at radius 1 is 1.12 bits per heavy atom. The Balaban J connectivity index is 1.58. The lowest BCUT2D eigenvalue weighted by Gasteiger charge is -2.18. The Kier molecular flexibility index (Phi) is 6.96. The number of furan rings is 1. The van der Waals surface area contributed by atoms with E-state index in [0.29, 0.717) is 33.7 Å². The van der Waals surface area contributed by atoms with E-state index in [-0.39, 0.29) is 24.7 Å². The van der Waals surface area contributed by atoms with Gasteiger partial charge in [-0.3, -0.25) is 9.69 Å². The zero-order chi connectivity index (χ0) is 22.5. The molecular formula is C23H21FN2O4S2. The van der Waals surface area contributed by atoms with Gasteiger partial charge in [-0.1, -0.05) is 11.3 Å². The minimum absolute atomic E-state index is 0.0898. The molecule has 166 valence electrons. The molecule has 0 atom stereocenters. The van der Waals surface area contributed by atoms with Gasteiger partial charge in [0.05, 0.1) is 27.0 Å². The van der Waals surface area contributed by atoms with Gasteiger partial charge in [-0.25, -0.2) is 9.37 Å². The van der Waals surface area contributed by atoms with Crippen LogP contribution < -0.4 is 14.4 Å². The average Bonchev–Trinajstić information content (AvgIpc) is 3.48. The third-order valence-electron chi connectivity index (χ3n) is 4.72. The molecule has 2 heterocycles. The van der Waals surface area contributed by atoms with E-state index in [9.17, 15) is 9.18 Å². The molecule has 0 aliphatic heterocycles. The fourth-order valence-electron chi connectivity index (χ4n) is 3.13. The van der Waals surface area contributed by atoms with Crippen molar-refractivity contribution in [3.8, 4) is 11.5 Å². The summed E-state index contributed by atoms with van der Waals surface area (Å²) in [5, 5.41) is 0.538. The normalized spacial score (nSPS) is 11.0. The van der Waals surface area contributed by atoms with Crippen LogP contribution in [0.5, 0.6) is 11.5 Å². The van der Waals surface area contributed by atoms with E-state index in [1.165, 1.54) is 35.2 Å². The molecule has 0 radical (unpaired) electrons. The second-order valence-corrected chi connectivity index (χ2v) is 8.90. The number of halogens is 1. The van der Waals surface area contributed by atoms with Crippen molar-refractivity contribution in [2.75, 3.05) is 24.9 Å². The maximum absolute atomic E-state index is 13.2. The summed E-state index contributed by atoms with van der Waals surface area (Å²) in [6.45, 7) is 0.261. The predicted molar refractivity (Wildman–Crippen MR) is 124 cm³/mol. The van der Waals surface area contributed by atoms with Gasteiger partial charge in [-0.05, 0) is 48.5 Å². The van der Waals surface area contributed by atoms with Crippen LogP contribution in [0, 0.1) is 5.82 Å². The lowest BCUT2D eigenvalue weighted by atomic mass is 10.3. The summed E-state index contributed by atoms with van der Waals surface area (Å²) in [4.78, 5) is 20.4. The predicted octanol–water partition coefficient (Wildman–Crippen LogP) is 5.76. The van der Waals surface area contributed by atoms with Crippen molar-refractivity contribution in [2.45, 2.75) is 17.9 Å². The quantitative estimate of drug-likeness (QED) is 0.289. The molecule has 1 amide bonds. The molecule has 0 aliphatic rings. The molecular weight excluding hydrogens is 451 g/mol. The minimum atomic E-state index is -0.281. The number of carbonyl (C=O) groups excluding carboxylic acids is 1. The van der Waals surface area contributed by atoms with Crippen LogP contribution in [0.3, 0.4) is 0 Å². The SMILES string of the molecule is COc1ccc(OC)c2sc(N(Cc3ccco3)C(=O)CCSc3ccc(F)cc3)nc12. The fraction of sp³-hybridized carbons (Fsp3) is 0.217. The van der Waals surface area contributed by atoms with E-state index < -0.39 is 0 Å². The van der Waals surface area contributed by atoms with Gasteiger partial charge in [0.25, 0.3) is 0 Å². The number of amides is 1. The van der Waals surface area contributed by atoms with Crippen LogP contribution >= 0.6 is 23.1 Å². The molecule has 0 spiro atoms. The number of anilines is 1. The summed E-state index contributed by atoms with van der Waals surface area (Å²) in [7, 11) is 3.18. The summed E-state index contributed by atoms with van der Waals surface area (Å²) in [5.41, 5.74) is 0.643. The van der Waals surface area contributed by atoms with Crippen molar-refractivity contribution < 1.29 is 23.1 Å². The summed E-state index contributed by atoms with van der Waals surface area (Å²) < 4.78 is 30.3. The van der Waals surface area contributed by atoms with Gasteiger partial charge < -0.3 is 13.9 Å². The number of benzene rings is 2. The first kappa shape index (κ1) is 22.2. The van der Waals surface area contributed by atoms with E-state index in [4.69, 9.17) is 18.9 Å². The first-order chi connectivity index (χ1) is 15.6. The van der Waals surface area contributed by atoms with Gasteiger partial charge in [0.1, 0.15) is 33.3 Å². The van der Waals surface area contributed by atoms with Crippen molar-refractivity contribution in [2.24, 2.45) is 0 Å². The van der Waals surface area contributed by atoms with Crippen molar-refractivity contribution in [3.05, 3.63) is 66.4 Å². The van der Waals surface area contributed by atoms with Crippen LogP contribution in [0.2, 0.25) is 0 Å². The summed E-state index contributed by atoms with van der Waals surface area (Å²) >= 11 is 2.87. The third-order valence-corrected chi connectivity index (χ3v) is 6.83. The monoisotopic (exact) mass is 472 g/mol. The number of thiazole rings is 1. The molecule has 2 aromatic carbocycles. The highest BCUT2D eigenvalue weighted by molar-refractivity contribution is 7.99. The summed E-state index contributed by atoms with van der Waals surface area (Å²) in [6.07, 6.45) is 1.86. The van der Waals surface area contributed by atoms with Crippen LogP contribution in [0.4, 0.5) is 9.52 Å². The van der Waals surface area contributed by atoms with Gasteiger partial charge in [-0.15, -0.1) is 11.8 Å². The number of thioether (sulfide) groups is 1. The number of fused-ring (bicyclic) bond motifs is 1. The van der Waals surface area contributed by atoms with E-state index in [2.05, 4.69) is 0 Å². The number of carbonyl (C=O) groups is 1. The Morgan fingerprint density at radius 3 is 2.56 bits per heavy atom. The maximum Gasteiger partial charge on any atom is 0.230 e. The topological polar surface area (TPSA) is 64.8 Å². The number of hydrogen-bond donors (Lipinski definition) is 0. The molecule has 6 nitrogen and oxygen atoms in total. The van der Waals surface area contributed by atoms with E-state index in [1.54, 1.807) is 49.6 Å². The van der Waals surface area contributed by atoms with Crippen LogP contribution in [-0.4, -0.2) is 30.9 Å². The number of rotatable bonds is 9. The molecule has 0 unspecified atom stereocenters. The highest BCUT2D eigenvalue weighted by atomic mass is 32.2. The Bertz CT molecular complexity index is 1150. The van der Waals surface area contributed by atoms with Gasteiger partial charge in [0.15, 0.2) is 5.13 Å². The van der Waals surface area contributed by atoms with Crippen molar-refractivity contribution in [3.63, 3.8) is 0 Å². The smallest absolute Gasteiger partial charge is 0.230 e. The molecule has 0 saturated heterocycles. The lowest BCUT2D eigenvalue weighted by Crippen LogP contribution is -2.30. The van der Waals surface area contributed by atoms with Gasteiger partial charge in [-0.2, -0.15) is 0 Å². The van der Waals surface area contributed by atoms with Crippen LogP contribution in [0.15, 0.2) is 64.1 Å². The summed E-state index contributed by atoms with van der Waals surface area (Å²) in [5.74, 6) is 2.12. The molecule has 4 rings (SSSR count). The number of aromatic nitrogens is 1. The van der Waals surface area contributed by atoms with Crippen LogP contribution in [0.25, 0.3) is 10.2 Å². The highest BCUT2D eigenvalue weighted by Gasteiger charge is 2.23. The molecule has 0 aliphatic carbocycles. The van der Waals surface area contributed by atoms with Crippen molar-refractivity contribution in [1.82, 2.24) is 4.98 Å². The van der Waals surface area contributed by atoms with Crippen molar-refractivity contribution >= 4 is 44.4 Å². The lowest BCUT2D eigenvalue weighted by molar-refractivity contribution is -0.118. The Morgan fingerprint density at radius 2 is 1.88 bits per heavy atom. The van der Waals surface area contributed by atoms with E-state index in [1.807, 2.05) is 12.1 Å². The van der Waals surface area contributed by atoms with E-state index >= 15 is 0 Å². The second kappa shape index (κ2) is 10.1. The summed E-state index contributed by atoms with van der Waals surface area (Å²) in [6, 6.07) is 13.5. The number of nitrogens with zero attached hydrogens (tertiary/aromatic N) is 2. The van der Waals surface area contributed by atoms with E-state index in [0.717, 1.165) is 9.60 Å². The standard InChI is InChI=1S/C23H21FN2O4S2/c1-28-18-9-10-19(29-2)22-21(18)25-23(32-22)26(14-16-4-3-12-30-16)20(27)11-13-31-17-7-5-15(24)6-8-17/h3-10,12H,11,13-14H2,1-2H3. The van der Waals surface area contributed by atoms with Crippen LogP contribution in [0.1, 0.15) is 12.2 Å². The van der Waals surface area contributed by atoms with Gasteiger partial charge in [0, 0.05) is 17.1 Å². The molecule has 0 bridgehead atoms. The molecule has 0 N–H and O–H groups in total. The van der Waals surface area contributed by atoms with Crippen LogP contribution in [-0.2, 0) is 11.3 Å². The zero-order valence-corrected chi connectivity index (χ0v) is 19.2. The first-order valence-electron chi connectivity index (χ1n) is 9.81. The average molecular weight is 473 g/mol. The molecule has 4 aromatic rings. The molecule has 2 aromatic heterocycles. The van der Waals surface area contributed by atoms with Crippen molar-refractivity contribution in [1.29, 1.82) is 0 Å². The Labute approximate surface area is 193 Å². The second-order valence-electron chi connectivity index (χ2n) is 6.76. The fourth-order valence-corrected chi connectivity index (χ4v) is 5.06. The van der Waals surface area contributed by atoms with Gasteiger partial charge >= 0.3 is 0 Å². The third kappa shape index (κ3) is 4.89. The maximum atomic E-state index is 13.2. The van der Waals surface area contributed by atoms with Gasteiger partial charge in [0.2, 0.25) is 5.91 Å². The molecule has 0 fully saturated rings.